The molecular formula is C11H22F3NO. The first-order chi connectivity index (χ1) is 7.25. The van der Waals surface area contributed by atoms with Gasteiger partial charge in [-0.2, -0.15) is 13.2 Å². The number of rotatable bonds is 7. The lowest BCUT2D eigenvalue weighted by Crippen LogP contribution is -2.47. The summed E-state index contributed by atoms with van der Waals surface area (Å²) in [4.78, 5) is 0. The number of nitrogens with two attached hydrogens (primary N) is 1. The molecule has 0 aromatic heterocycles. The average molecular weight is 241 g/mol. The molecule has 0 aromatic rings. The van der Waals surface area contributed by atoms with Crippen molar-refractivity contribution in [1.29, 1.82) is 0 Å². The molecule has 2 unspecified atom stereocenters. The average Bonchev–Trinajstić information content (AvgIpc) is 2.15. The molecule has 2 N–H and O–H groups in total. The molecule has 98 valence electrons. The van der Waals surface area contributed by atoms with Crippen LogP contribution in [0.3, 0.4) is 0 Å². The number of hydrogen-bond acceptors (Lipinski definition) is 2. The zero-order valence-electron chi connectivity index (χ0n) is 10.2. The summed E-state index contributed by atoms with van der Waals surface area (Å²) in [7, 11) is 0. The van der Waals surface area contributed by atoms with Crippen LogP contribution in [0.1, 0.15) is 46.5 Å². The summed E-state index contributed by atoms with van der Waals surface area (Å²) in [5.74, 6) is 0. The van der Waals surface area contributed by atoms with Crippen molar-refractivity contribution in [3.8, 4) is 0 Å². The first kappa shape index (κ1) is 15.7. The molecule has 0 aliphatic carbocycles. The summed E-state index contributed by atoms with van der Waals surface area (Å²) in [6, 6.07) is -0.347. The Labute approximate surface area is 95.3 Å². The van der Waals surface area contributed by atoms with Crippen LogP contribution >= 0.6 is 0 Å². The Morgan fingerprint density at radius 2 is 1.81 bits per heavy atom. The van der Waals surface area contributed by atoms with Crippen LogP contribution < -0.4 is 5.73 Å². The monoisotopic (exact) mass is 241 g/mol. The largest absolute Gasteiger partial charge is 0.389 e. The quantitative estimate of drug-likeness (QED) is 0.742. The maximum atomic E-state index is 12.0. The highest BCUT2D eigenvalue weighted by atomic mass is 19.4. The van der Waals surface area contributed by atoms with E-state index in [2.05, 4.69) is 0 Å². The van der Waals surface area contributed by atoms with E-state index >= 15 is 0 Å². The molecule has 5 heteroatoms. The van der Waals surface area contributed by atoms with Crippen LogP contribution in [0.4, 0.5) is 13.2 Å². The van der Waals surface area contributed by atoms with Gasteiger partial charge in [-0.3, -0.25) is 0 Å². The molecule has 0 aliphatic rings. The molecule has 2 nitrogen and oxygen atoms in total. The van der Waals surface area contributed by atoms with Crippen LogP contribution in [-0.2, 0) is 4.74 Å². The number of halogens is 3. The third-order valence-electron chi connectivity index (χ3n) is 2.94. The Morgan fingerprint density at radius 3 is 2.19 bits per heavy atom. The van der Waals surface area contributed by atoms with E-state index in [1.54, 1.807) is 0 Å². The highest BCUT2D eigenvalue weighted by molar-refractivity contribution is 4.86. The van der Waals surface area contributed by atoms with Gasteiger partial charge in [0.1, 0.15) is 0 Å². The lowest BCUT2D eigenvalue weighted by Gasteiger charge is -2.34. The first-order valence-corrected chi connectivity index (χ1v) is 5.71. The molecule has 0 amide bonds. The van der Waals surface area contributed by atoms with E-state index in [0.717, 1.165) is 0 Å². The minimum atomic E-state index is -4.09. The van der Waals surface area contributed by atoms with E-state index in [1.807, 2.05) is 20.8 Å². The normalized spacial score (nSPS) is 18.2. The molecular weight excluding hydrogens is 219 g/mol. The highest BCUT2D eigenvalue weighted by Gasteiger charge is 2.32. The van der Waals surface area contributed by atoms with Crippen LogP contribution in [0.15, 0.2) is 0 Å². The van der Waals surface area contributed by atoms with Crippen LogP contribution in [-0.4, -0.2) is 24.4 Å². The van der Waals surface area contributed by atoms with Crippen LogP contribution in [0.2, 0.25) is 0 Å². The second-order valence-electron chi connectivity index (χ2n) is 4.21. The van der Waals surface area contributed by atoms with Gasteiger partial charge in [-0.15, -0.1) is 0 Å². The van der Waals surface area contributed by atoms with Gasteiger partial charge in [0.2, 0.25) is 0 Å². The zero-order chi connectivity index (χ0) is 12.8. The number of hydrogen-bond donors (Lipinski definition) is 1. The standard InChI is InChI=1S/C11H22F3NO/c1-4-10(3,16-5-2)9(15)7-6-8-11(12,13)14/h9H,4-8,15H2,1-3H3. The topological polar surface area (TPSA) is 35.2 Å². The molecule has 0 rings (SSSR count). The Hall–Kier alpha value is -0.290. The molecule has 0 saturated heterocycles. The lowest BCUT2D eigenvalue weighted by molar-refractivity contribution is -0.137. The second-order valence-corrected chi connectivity index (χ2v) is 4.21. The van der Waals surface area contributed by atoms with Crippen molar-refractivity contribution >= 4 is 0 Å². The van der Waals surface area contributed by atoms with E-state index in [0.29, 0.717) is 19.4 Å². The Morgan fingerprint density at radius 1 is 1.25 bits per heavy atom. The predicted octanol–water partition coefficient (Wildman–Crippen LogP) is 3.25. The Balaban J connectivity index is 4.07. The maximum Gasteiger partial charge on any atom is 0.389 e. The van der Waals surface area contributed by atoms with Crippen molar-refractivity contribution in [2.24, 2.45) is 5.73 Å². The summed E-state index contributed by atoms with van der Waals surface area (Å²) in [5, 5.41) is 0. The van der Waals surface area contributed by atoms with Crippen molar-refractivity contribution in [3.05, 3.63) is 0 Å². The fourth-order valence-corrected chi connectivity index (χ4v) is 1.63. The second kappa shape index (κ2) is 6.45. The lowest BCUT2D eigenvalue weighted by atomic mass is 9.90. The minimum Gasteiger partial charge on any atom is -0.374 e. The van der Waals surface area contributed by atoms with Crippen LogP contribution in [0.5, 0.6) is 0 Å². The first-order valence-electron chi connectivity index (χ1n) is 5.71. The molecule has 0 spiro atoms. The predicted molar refractivity (Wildman–Crippen MR) is 58.2 cm³/mol. The molecule has 0 aliphatic heterocycles. The Kier molecular flexibility index (Phi) is 6.33. The third-order valence-corrected chi connectivity index (χ3v) is 2.94. The van der Waals surface area contributed by atoms with Gasteiger partial charge < -0.3 is 10.5 Å². The van der Waals surface area contributed by atoms with Crippen molar-refractivity contribution in [2.75, 3.05) is 6.61 Å². The van der Waals surface area contributed by atoms with Crippen molar-refractivity contribution in [1.82, 2.24) is 0 Å². The summed E-state index contributed by atoms with van der Waals surface area (Å²) in [5.41, 5.74) is 5.37. The minimum absolute atomic E-state index is 0.0628. The van der Waals surface area contributed by atoms with E-state index in [4.69, 9.17) is 10.5 Å². The molecule has 0 radical (unpaired) electrons. The fourth-order valence-electron chi connectivity index (χ4n) is 1.63. The smallest absolute Gasteiger partial charge is 0.374 e. The van der Waals surface area contributed by atoms with Crippen molar-refractivity contribution in [3.63, 3.8) is 0 Å². The van der Waals surface area contributed by atoms with Crippen molar-refractivity contribution < 1.29 is 17.9 Å². The molecule has 0 aromatic carbocycles. The third kappa shape index (κ3) is 5.70. The van der Waals surface area contributed by atoms with Gasteiger partial charge in [0, 0.05) is 19.1 Å². The fraction of sp³-hybridized carbons (Fsp3) is 1.00. The van der Waals surface area contributed by atoms with Gasteiger partial charge in [-0.25, -0.2) is 0 Å². The SMILES string of the molecule is CCOC(C)(CC)C(N)CCCC(F)(F)F. The summed E-state index contributed by atoms with van der Waals surface area (Å²) in [6.45, 7) is 6.17. The number of alkyl halides is 3. The van der Waals surface area contributed by atoms with E-state index in [1.165, 1.54) is 0 Å². The van der Waals surface area contributed by atoms with Gasteiger partial charge in [-0.05, 0) is 33.1 Å². The molecule has 0 bridgehead atoms. The summed E-state index contributed by atoms with van der Waals surface area (Å²) >= 11 is 0. The van der Waals surface area contributed by atoms with Crippen molar-refractivity contribution in [2.45, 2.75) is 64.3 Å². The van der Waals surface area contributed by atoms with Crippen LogP contribution in [0.25, 0.3) is 0 Å². The van der Waals surface area contributed by atoms with E-state index < -0.39 is 18.2 Å². The van der Waals surface area contributed by atoms with Gasteiger partial charge in [0.15, 0.2) is 0 Å². The Bertz CT molecular complexity index is 196. The highest BCUT2D eigenvalue weighted by Crippen LogP contribution is 2.26. The van der Waals surface area contributed by atoms with Gasteiger partial charge in [-0.1, -0.05) is 6.92 Å². The van der Waals surface area contributed by atoms with Crippen LogP contribution in [0, 0.1) is 0 Å². The molecule has 2 atom stereocenters. The molecule has 0 saturated carbocycles. The molecule has 0 heterocycles. The molecule has 16 heavy (non-hydrogen) atoms. The van der Waals surface area contributed by atoms with Gasteiger partial charge in [0.05, 0.1) is 5.60 Å². The number of ether oxygens (including phenoxy) is 1. The van der Waals surface area contributed by atoms with Gasteiger partial charge >= 0.3 is 6.18 Å². The van der Waals surface area contributed by atoms with Gasteiger partial charge in [0.25, 0.3) is 0 Å². The summed E-state index contributed by atoms with van der Waals surface area (Å²) < 4.78 is 41.4. The summed E-state index contributed by atoms with van der Waals surface area (Å²) in [6.07, 6.45) is -3.76. The molecule has 0 fully saturated rings. The zero-order valence-corrected chi connectivity index (χ0v) is 10.2. The van der Waals surface area contributed by atoms with E-state index in [-0.39, 0.29) is 12.5 Å². The van der Waals surface area contributed by atoms with E-state index in [9.17, 15) is 13.2 Å². The maximum absolute atomic E-state index is 12.0.